The molecule has 0 aliphatic heterocycles. The van der Waals surface area contributed by atoms with Gasteiger partial charge in [-0.3, -0.25) is 0 Å². The summed E-state index contributed by atoms with van der Waals surface area (Å²) in [5.74, 6) is 3.25. The van der Waals surface area contributed by atoms with Crippen LogP contribution >= 0.6 is 11.6 Å². The van der Waals surface area contributed by atoms with Crippen molar-refractivity contribution in [3.05, 3.63) is 52.8 Å². The summed E-state index contributed by atoms with van der Waals surface area (Å²) in [4.78, 5) is 4.11. The van der Waals surface area contributed by atoms with Gasteiger partial charge in [0, 0.05) is 12.1 Å². The number of halogens is 1. The van der Waals surface area contributed by atoms with Crippen molar-refractivity contribution in [2.75, 3.05) is 11.9 Å². The smallest absolute Gasteiger partial charge is 0.148 e. The van der Waals surface area contributed by atoms with Crippen LogP contribution in [0.15, 0.2) is 36.5 Å². The molecule has 0 fully saturated rings. The van der Waals surface area contributed by atoms with Crippen LogP contribution in [0.3, 0.4) is 0 Å². The first-order valence-corrected chi connectivity index (χ1v) is 6.58. The lowest BCUT2D eigenvalue weighted by Crippen LogP contribution is -2.04. The Morgan fingerprint density at radius 1 is 1.40 bits per heavy atom. The van der Waals surface area contributed by atoms with Gasteiger partial charge in [-0.2, -0.15) is 0 Å². The Bertz CT molecular complexity index is 635. The summed E-state index contributed by atoms with van der Waals surface area (Å²) in [6.07, 6.45) is 6.92. The van der Waals surface area contributed by atoms with Crippen LogP contribution in [0.5, 0.6) is 5.75 Å². The fraction of sp³-hybridized carbons (Fsp3) is 0.188. The molecule has 0 saturated heterocycles. The summed E-state index contributed by atoms with van der Waals surface area (Å²) in [7, 11) is 0. The molecule has 0 spiro atoms. The second kappa shape index (κ2) is 6.83. The first-order chi connectivity index (χ1) is 9.70. The third kappa shape index (κ3) is 3.66. The Hall–Kier alpha value is -2.18. The van der Waals surface area contributed by atoms with Gasteiger partial charge in [0.25, 0.3) is 0 Å². The number of para-hydroxylation sites is 1. The molecule has 1 aromatic carbocycles. The minimum atomic E-state index is 0.263. The van der Waals surface area contributed by atoms with Crippen LogP contribution in [0.25, 0.3) is 0 Å². The Labute approximate surface area is 123 Å². The lowest BCUT2D eigenvalue weighted by molar-refractivity contribution is 0.366. The van der Waals surface area contributed by atoms with Crippen molar-refractivity contribution in [2.24, 2.45) is 0 Å². The zero-order valence-electron chi connectivity index (χ0n) is 11.2. The lowest BCUT2D eigenvalue weighted by atomic mass is 10.2. The van der Waals surface area contributed by atoms with Gasteiger partial charge in [-0.1, -0.05) is 35.7 Å². The maximum absolute atomic E-state index is 5.90. The number of hydrogen-bond acceptors (Lipinski definition) is 3. The Balaban J connectivity index is 2.06. The van der Waals surface area contributed by atoms with Crippen molar-refractivity contribution in [1.82, 2.24) is 4.98 Å². The van der Waals surface area contributed by atoms with E-state index in [1.165, 1.54) is 0 Å². The van der Waals surface area contributed by atoms with Crippen LogP contribution in [0.4, 0.5) is 5.69 Å². The molecule has 2 aromatic rings. The molecule has 0 aliphatic rings. The number of benzene rings is 1. The second-order valence-electron chi connectivity index (χ2n) is 4.29. The number of nitrogens with zero attached hydrogens (tertiary/aromatic N) is 1. The maximum Gasteiger partial charge on any atom is 0.148 e. The van der Waals surface area contributed by atoms with Crippen LogP contribution in [-0.4, -0.2) is 11.6 Å². The molecule has 1 N–H and O–H groups in total. The summed E-state index contributed by atoms with van der Waals surface area (Å²) in [5, 5.41) is 3.81. The Morgan fingerprint density at radius 2 is 2.20 bits per heavy atom. The molecule has 1 heterocycles. The molecule has 1 aromatic heterocycles. The molecule has 3 nitrogen and oxygen atoms in total. The first-order valence-electron chi connectivity index (χ1n) is 6.21. The number of aromatic nitrogens is 1. The van der Waals surface area contributed by atoms with E-state index >= 15 is 0 Å². The van der Waals surface area contributed by atoms with Gasteiger partial charge >= 0.3 is 0 Å². The molecule has 2 rings (SSSR count). The molecular formula is C16H15ClN2O. The van der Waals surface area contributed by atoms with Gasteiger partial charge in [0.05, 0.1) is 11.9 Å². The molecule has 0 saturated carbocycles. The normalized spacial score (nSPS) is 9.85. The van der Waals surface area contributed by atoms with Crippen LogP contribution in [0.2, 0.25) is 5.15 Å². The number of terminal acetylenes is 1. The predicted octanol–water partition coefficient (Wildman–Crippen LogP) is 3.67. The van der Waals surface area contributed by atoms with Crippen molar-refractivity contribution in [3.63, 3.8) is 0 Å². The van der Waals surface area contributed by atoms with E-state index in [-0.39, 0.29) is 6.61 Å². The number of hydrogen-bond donors (Lipinski definition) is 1. The Morgan fingerprint density at radius 3 is 2.95 bits per heavy atom. The SMILES string of the molecule is C#CCOc1ccccc1CNc1cnc(Cl)c(C)c1. The third-order valence-electron chi connectivity index (χ3n) is 2.78. The number of aryl methyl sites for hydroxylation is 1. The number of pyridine rings is 1. The molecule has 0 radical (unpaired) electrons. The van der Waals surface area contributed by atoms with Crippen LogP contribution in [-0.2, 0) is 6.54 Å². The highest BCUT2D eigenvalue weighted by Crippen LogP contribution is 2.21. The maximum atomic E-state index is 5.90. The second-order valence-corrected chi connectivity index (χ2v) is 4.64. The molecule has 0 amide bonds. The van der Waals surface area contributed by atoms with Gasteiger partial charge in [-0.25, -0.2) is 4.98 Å². The average Bonchev–Trinajstić information content (AvgIpc) is 2.47. The molecular weight excluding hydrogens is 272 g/mol. The van der Waals surface area contributed by atoms with Crippen molar-refractivity contribution in [3.8, 4) is 18.1 Å². The van der Waals surface area contributed by atoms with E-state index in [1.54, 1.807) is 6.20 Å². The lowest BCUT2D eigenvalue weighted by Gasteiger charge is -2.11. The van der Waals surface area contributed by atoms with E-state index in [2.05, 4.69) is 16.2 Å². The molecule has 4 heteroatoms. The van der Waals surface area contributed by atoms with E-state index in [0.29, 0.717) is 11.7 Å². The summed E-state index contributed by atoms with van der Waals surface area (Å²) in [5.41, 5.74) is 2.89. The summed E-state index contributed by atoms with van der Waals surface area (Å²) in [6.45, 7) is 2.81. The number of ether oxygens (including phenoxy) is 1. The minimum absolute atomic E-state index is 0.263. The molecule has 0 unspecified atom stereocenters. The number of nitrogens with one attached hydrogen (secondary N) is 1. The van der Waals surface area contributed by atoms with Gasteiger partial charge in [-0.15, -0.1) is 6.42 Å². The topological polar surface area (TPSA) is 34.1 Å². The average molecular weight is 287 g/mol. The van der Waals surface area contributed by atoms with Gasteiger partial charge < -0.3 is 10.1 Å². The van der Waals surface area contributed by atoms with Crippen LogP contribution in [0.1, 0.15) is 11.1 Å². The predicted molar refractivity (Wildman–Crippen MR) is 82.1 cm³/mol. The summed E-state index contributed by atoms with van der Waals surface area (Å²) >= 11 is 5.90. The standard InChI is InChI=1S/C16H15ClN2O/c1-3-8-20-15-7-5-4-6-13(15)10-18-14-9-12(2)16(17)19-11-14/h1,4-7,9,11,18H,8,10H2,2H3. The number of anilines is 1. The summed E-state index contributed by atoms with van der Waals surface area (Å²) in [6, 6.07) is 9.74. The van der Waals surface area contributed by atoms with Gasteiger partial charge in [0.15, 0.2) is 0 Å². The van der Waals surface area contributed by atoms with Gasteiger partial charge in [-0.05, 0) is 24.6 Å². The third-order valence-corrected chi connectivity index (χ3v) is 3.18. The van der Waals surface area contributed by atoms with E-state index in [9.17, 15) is 0 Å². The monoisotopic (exact) mass is 286 g/mol. The molecule has 0 atom stereocenters. The van der Waals surface area contributed by atoms with E-state index in [0.717, 1.165) is 22.6 Å². The molecule has 0 aliphatic carbocycles. The largest absolute Gasteiger partial charge is 0.481 e. The molecule has 0 bridgehead atoms. The van der Waals surface area contributed by atoms with Crippen LogP contribution < -0.4 is 10.1 Å². The van der Waals surface area contributed by atoms with E-state index in [4.69, 9.17) is 22.8 Å². The highest BCUT2D eigenvalue weighted by Gasteiger charge is 2.03. The Kier molecular flexibility index (Phi) is 4.86. The van der Waals surface area contributed by atoms with E-state index in [1.807, 2.05) is 37.3 Å². The van der Waals surface area contributed by atoms with Gasteiger partial charge in [0.1, 0.15) is 17.5 Å². The van der Waals surface area contributed by atoms with Crippen molar-refractivity contribution >= 4 is 17.3 Å². The summed E-state index contributed by atoms with van der Waals surface area (Å²) < 4.78 is 5.50. The quantitative estimate of drug-likeness (QED) is 0.673. The first kappa shape index (κ1) is 14.2. The fourth-order valence-corrected chi connectivity index (χ4v) is 1.87. The fourth-order valence-electron chi connectivity index (χ4n) is 1.76. The van der Waals surface area contributed by atoms with Crippen molar-refractivity contribution in [1.29, 1.82) is 0 Å². The van der Waals surface area contributed by atoms with Crippen molar-refractivity contribution < 1.29 is 4.74 Å². The zero-order valence-corrected chi connectivity index (χ0v) is 11.9. The van der Waals surface area contributed by atoms with Crippen molar-refractivity contribution in [2.45, 2.75) is 13.5 Å². The van der Waals surface area contributed by atoms with E-state index < -0.39 is 0 Å². The highest BCUT2D eigenvalue weighted by atomic mass is 35.5. The molecule has 20 heavy (non-hydrogen) atoms. The zero-order chi connectivity index (χ0) is 14.4. The highest BCUT2D eigenvalue weighted by molar-refractivity contribution is 6.30. The van der Waals surface area contributed by atoms with Crippen LogP contribution in [0, 0.1) is 19.3 Å². The minimum Gasteiger partial charge on any atom is -0.481 e. The molecule has 102 valence electrons. The number of rotatable bonds is 5. The van der Waals surface area contributed by atoms with Gasteiger partial charge in [0.2, 0.25) is 0 Å².